The van der Waals surface area contributed by atoms with Crippen LogP contribution in [0.15, 0.2) is 16.6 Å². The van der Waals surface area contributed by atoms with Gasteiger partial charge in [0, 0.05) is 4.47 Å². The zero-order valence-electron chi connectivity index (χ0n) is 7.58. The van der Waals surface area contributed by atoms with Crippen LogP contribution in [0.4, 0.5) is 0 Å². The van der Waals surface area contributed by atoms with Crippen molar-refractivity contribution in [2.75, 3.05) is 7.11 Å². The molecule has 0 fully saturated rings. The fourth-order valence-corrected chi connectivity index (χ4v) is 2.93. The number of halogens is 2. The molecule has 0 radical (unpaired) electrons. The first kappa shape index (κ1) is 10.9. The van der Waals surface area contributed by atoms with E-state index in [9.17, 15) is 4.79 Å². The van der Waals surface area contributed by atoms with Gasteiger partial charge in [0.1, 0.15) is 0 Å². The maximum Gasteiger partial charge on any atom is 0.340 e. The molecule has 0 atom stereocenters. The SMILES string of the molecule is COC(=O)c1cc(Br)cc2sc(Cl)nc12. The molecular weight excluding hydrogens is 302 g/mol. The number of benzene rings is 1. The second kappa shape index (κ2) is 4.08. The Morgan fingerprint density at radius 3 is 3.00 bits per heavy atom. The van der Waals surface area contributed by atoms with Crippen molar-refractivity contribution in [3.8, 4) is 0 Å². The monoisotopic (exact) mass is 305 g/mol. The van der Waals surface area contributed by atoms with Crippen LogP contribution in [0, 0.1) is 0 Å². The van der Waals surface area contributed by atoms with Gasteiger partial charge in [0.05, 0.1) is 22.9 Å². The van der Waals surface area contributed by atoms with E-state index < -0.39 is 5.97 Å². The van der Waals surface area contributed by atoms with Crippen LogP contribution in [-0.2, 0) is 4.74 Å². The number of rotatable bonds is 1. The van der Waals surface area contributed by atoms with Crippen molar-refractivity contribution in [2.45, 2.75) is 0 Å². The minimum absolute atomic E-state index is 0.410. The highest BCUT2D eigenvalue weighted by Gasteiger charge is 2.15. The molecule has 15 heavy (non-hydrogen) atoms. The highest BCUT2D eigenvalue weighted by molar-refractivity contribution is 9.10. The van der Waals surface area contributed by atoms with E-state index in [-0.39, 0.29) is 0 Å². The largest absolute Gasteiger partial charge is 0.465 e. The van der Waals surface area contributed by atoms with Crippen molar-refractivity contribution in [3.05, 3.63) is 26.6 Å². The Labute approximate surface area is 103 Å². The van der Waals surface area contributed by atoms with E-state index in [1.165, 1.54) is 18.4 Å². The van der Waals surface area contributed by atoms with Crippen LogP contribution in [0.2, 0.25) is 4.47 Å². The van der Waals surface area contributed by atoms with E-state index in [0.29, 0.717) is 15.5 Å². The lowest BCUT2D eigenvalue weighted by molar-refractivity contribution is 0.0602. The lowest BCUT2D eigenvalue weighted by Gasteiger charge is -2.00. The molecular formula is C9H5BrClNO2S. The number of aromatic nitrogens is 1. The quantitative estimate of drug-likeness (QED) is 0.757. The average molecular weight is 307 g/mol. The van der Waals surface area contributed by atoms with Crippen molar-refractivity contribution in [2.24, 2.45) is 0 Å². The van der Waals surface area contributed by atoms with Crippen molar-refractivity contribution in [1.29, 1.82) is 0 Å². The third kappa shape index (κ3) is 2.00. The van der Waals surface area contributed by atoms with Gasteiger partial charge in [0.25, 0.3) is 0 Å². The van der Waals surface area contributed by atoms with Crippen LogP contribution in [0.5, 0.6) is 0 Å². The van der Waals surface area contributed by atoms with Gasteiger partial charge in [-0.05, 0) is 12.1 Å². The Hall–Kier alpha value is -0.650. The van der Waals surface area contributed by atoms with Gasteiger partial charge in [-0.1, -0.05) is 27.5 Å². The second-order valence-electron chi connectivity index (χ2n) is 2.76. The van der Waals surface area contributed by atoms with E-state index in [2.05, 4.69) is 25.7 Å². The number of fused-ring (bicyclic) bond motifs is 1. The Balaban J connectivity index is 2.75. The molecule has 0 aliphatic rings. The number of methoxy groups -OCH3 is 1. The van der Waals surface area contributed by atoms with E-state index in [1.54, 1.807) is 6.07 Å². The number of thiazole rings is 1. The molecule has 0 unspecified atom stereocenters. The highest BCUT2D eigenvalue weighted by Crippen LogP contribution is 2.31. The minimum atomic E-state index is -0.414. The smallest absolute Gasteiger partial charge is 0.340 e. The lowest BCUT2D eigenvalue weighted by Crippen LogP contribution is -2.01. The molecule has 6 heteroatoms. The van der Waals surface area contributed by atoms with Crippen molar-refractivity contribution < 1.29 is 9.53 Å². The van der Waals surface area contributed by atoms with Crippen molar-refractivity contribution >= 4 is 55.1 Å². The first-order valence-electron chi connectivity index (χ1n) is 3.95. The summed E-state index contributed by atoms with van der Waals surface area (Å²) in [4.78, 5) is 15.6. The molecule has 1 heterocycles. The van der Waals surface area contributed by atoms with Gasteiger partial charge in [-0.25, -0.2) is 9.78 Å². The molecule has 0 saturated heterocycles. The van der Waals surface area contributed by atoms with Gasteiger partial charge in [0.2, 0.25) is 0 Å². The molecule has 3 nitrogen and oxygen atoms in total. The van der Waals surface area contributed by atoms with Gasteiger partial charge in [-0.3, -0.25) is 0 Å². The van der Waals surface area contributed by atoms with Gasteiger partial charge < -0.3 is 4.74 Å². The van der Waals surface area contributed by atoms with Crippen LogP contribution in [0.25, 0.3) is 10.2 Å². The summed E-state index contributed by atoms with van der Waals surface area (Å²) >= 11 is 10.4. The predicted octanol–water partition coefficient (Wildman–Crippen LogP) is 3.50. The molecule has 0 saturated carbocycles. The molecule has 2 aromatic rings. The fraction of sp³-hybridized carbons (Fsp3) is 0.111. The molecule has 2 rings (SSSR count). The third-order valence-electron chi connectivity index (χ3n) is 1.84. The van der Waals surface area contributed by atoms with Crippen LogP contribution in [-0.4, -0.2) is 18.1 Å². The summed E-state index contributed by atoms with van der Waals surface area (Å²) in [6.45, 7) is 0. The maximum atomic E-state index is 11.5. The first-order chi connectivity index (χ1) is 7.11. The average Bonchev–Trinajstić information content (AvgIpc) is 2.55. The molecule has 0 bridgehead atoms. The first-order valence-corrected chi connectivity index (χ1v) is 5.94. The molecule has 1 aromatic heterocycles. The zero-order chi connectivity index (χ0) is 11.0. The summed E-state index contributed by atoms with van der Waals surface area (Å²) in [5, 5.41) is 0. The van der Waals surface area contributed by atoms with Crippen LogP contribution in [0.1, 0.15) is 10.4 Å². The summed E-state index contributed by atoms with van der Waals surface area (Å²) in [7, 11) is 1.34. The minimum Gasteiger partial charge on any atom is -0.465 e. The summed E-state index contributed by atoms with van der Waals surface area (Å²) in [5.41, 5.74) is 1.00. The standard InChI is InChI=1S/C9H5BrClNO2S/c1-14-8(13)5-2-4(10)3-6-7(5)12-9(11)15-6/h2-3H,1H3. The zero-order valence-corrected chi connectivity index (χ0v) is 10.7. The number of ether oxygens (including phenoxy) is 1. The molecule has 0 amide bonds. The highest BCUT2D eigenvalue weighted by atomic mass is 79.9. The van der Waals surface area contributed by atoms with E-state index in [1.807, 2.05) is 6.07 Å². The van der Waals surface area contributed by atoms with Crippen molar-refractivity contribution in [3.63, 3.8) is 0 Å². The predicted molar refractivity (Wildman–Crippen MR) is 63.7 cm³/mol. The van der Waals surface area contributed by atoms with Crippen LogP contribution in [0.3, 0.4) is 0 Å². The Bertz CT molecular complexity index is 540. The maximum absolute atomic E-state index is 11.5. The number of carbonyl (C=O) groups is 1. The van der Waals surface area contributed by atoms with Gasteiger partial charge in [0.15, 0.2) is 4.47 Å². The Kier molecular flexibility index (Phi) is 2.95. The van der Waals surface area contributed by atoms with Gasteiger partial charge in [-0.15, -0.1) is 11.3 Å². The van der Waals surface area contributed by atoms with Gasteiger partial charge >= 0.3 is 5.97 Å². The topological polar surface area (TPSA) is 39.2 Å². The van der Waals surface area contributed by atoms with Crippen molar-refractivity contribution in [1.82, 2.24) is 4.98 Å². The Morgan fingerprint density at radius 2 is 2.33 bits per heavy atom. The molecule has 0 aliphatic carbocycles. The van der Waals surface area contributed by atoms with E-state index in [0.717, 1.165) is 9.17 Å². The number of carbonyl (C=O) groups excluding carboxylic acids is 1. The third-order valence-corrected chi connectivity index (χ3v) is 3.40. The number of nitrogens with zero attached hydrogens (tertiary/aromatic N) is 1. The van der Waals surface area contributed by atoms with E-state index in [4.69, 9.17) is 11.6 Å². The second-order valence-corrected chi connectivity index (χ2v) is 5.29. The Morgan fingerprint density at radius 1 is 1.60 bits per heavy atom. The van der Waals surface area contributed by atoms with Gasteiger partial charge in [-0.2, -0.15) is 0 Å². The molecule has 0 N–H and O–H groups in total. The summed E-state index contributed by atoms with van der Waals surface area (Å²) < 4.78 is 6.74. The molecule has 78 valence electrons. The normalized spacial score (nSPS) is 10.6. The summed E-state index contributed by atoms with van der Waals surface area (Å²) in [5.74, 6) is -0.414. The number of hydrogen-bond donors (Lipinski definition) is 0. The molecule has 0 spiro atoms. The molecule has 1 aromatic carbocycles. The summed E-state index contributed by atoms with van der Waals surface area (Å²) in [6.07, 6.45) is 0. The fourth-order valence-electron chi connectivity index (χ4n) is 1.23. The number of esters is 1. The summed E-state index contributed by atoms with van der Waals surface area (Å²) in [6, 6.07) is 3.54. The number of hydrogen-bond acceptors (Lipinski definition) is 4. The van der Waals surface area contributed by atoms with Crippen LogP contribution >= 0.6 is 38.9 Å². The lowest BCUT2D eigenvalue weighted by atomic mass is 10.2. The van der Waals surface area contributed by atoms with E-state index >= 15 is 0 Å². The van der Waals surface area contributed by atoms with Crippen LogP contribution < -0.4 is 0 Å². The molecule has 0 aliphatic heterocycles.